The number of amides is 1. The molecule has 0 saturated heterocycles. The molecule has 0 aliphatic carbocycles. The summed E-state index contributed by atoms with van der Waals surface area (Å²) in [6, 6.07) is 5.06. The third-order valence-corrected chi connectivity index (χ3v) is 4.52. The molecule has 3 aromatic rings. The lowest BCUT2D eigenvalue weighted by Gasteiger charge is -2.14. The molecule has 0 radical (unpaired) electrons. The number of pyridine rings is 2. The SMILES string of the molecule is COc1ccc2[nH]c(=O)c(CC(=O)N[C@@H](C)c3ncc(F)cc3F)cc2c1C. The van der Waals surface area contributed by atoms with E-state index in [-0.39, 0.29) is 23.2 Å². The van der Waals surface area contributed by atoms with Crippen molar-refractivity contribution >= 4 is 16.8 Å². The number of carbonyl (C=O) groups excluding carboxylic acids is 1. The van der Waals surface area contributed by atoms with Crippen LogP contribution >= 0.6 is 0 Å². The van der Waals surface area contributed by atoms with E-state index in [9.17, 15) is 18.4 Å². The van der Waals surface area contributed by atoms with E-state index in [1.165, 1.54) is 6.92 Å². The maximum absolute atomic E-state index is 13.8. The minimum Gasteiger partial charge on any atom is -0.496 e. The van der Waals surface area contributed by atoms with Gasteiger partial charge in [0.2, 0.25) is 5.91 Å². The van der Waals surface area contributed by atoms with Gasteiger partial charge in [0, 0.05) is 28.1 Å². The molecule has 0 unspecified atom stereocenters. The zero-order chi connectivity index (χ0) is 20.4. The molecule has 0 aliphatic heterocycles. The fourth-order valence-corrected chi connectivity index (χ4v) is 3.08. The third kappa shape index (κ3) is 3.85. The Morgan fingerprint density at radius 3 is 2.75 bits per heavy atom. The number of nitrogens with one attached hydrogen (secondary N) is 2. The van der Waals surface area contributed by atoms with Crippen LogP contribution in [0.1, 0.15) is 29.8 Å². The quantitative estimate of drug-likeness (QED) is 0.705. The van der Waals surface area contributed by atoms with Crippen molar-refractivity contribution in [3.63, 3.8) is 0 Å². The Bertz CT molecular complexity index is 1110. The Morgan fingerprint density at radius 2 is 2.07 bits per heavy atom. The summed E-state index contributed by atoms with van der Waals surface area (Å²) in [4.78, 5) is 31.1. The van der Waals surface area contributed by atoms with Crippen LogP contribution in [0.5, 0.6) is 5.75 Å². The molecule has 0 saturated carbocycles. The molecule has 3 rings (SSSR count). The highest BCUT2D eigenvalue weighted by Gasteiger charge is 2.17. The van der Waals surface area contributed by atoms with Crippen LogP contribution in [0, 0.1) is 18.6 Å². The molecule has 1 atom stereocenters. The van der Waals surface area contributed by atoms with Crippen LogP contribution in [0.4, 0.5) is 8.78 Å². The molecular formula is C20H19F2N3O3. The van der Waals surface area contributed by atoms with Gasteiger partial charge >= 0.3 is 0 Å². The first-order valence-electron chi connectivity index (χ1n) is 8.60. The largest absolute Gasteiger partial charge is 0.496 e. The van der Waals surface area contributed by atoms with Crippen molar-refractivity contribution in [1.82, 2.24) is 15.3 Å². The number of nitrogens with zero attached hydrogens (tertiary/aromatic N) is 1. The van der Waals surface area contributed by atoms with E-state index in [1.54, 1.807) is 25.3 Å². The second-order valence-corrected chi connectivity index (χ2v) is 6.46. The molecular weight excluding hydrogens is 368 g/mol. The first-order valence-corrected chi connectivity index (χ1v) is 8.60. The topological polar surface area (TPSA) is 84.1 Å². The number of hydrogen-bond donors (Lipinski definition) is 2. The van der Waals surface area contributed by atoms with E-state index >= 15 is 0 Å². The normalized spacial score (nSPS) is 12.0. The van der Waals surface area contributed by atoms with Crippen molar-refractivity contribution in [2.45, 2.75) is 26.3 Å². The number of fused-ring (bicyclic) bond motifs is 1. The van der Waals surface area contributed by atoms with Gasteiger partial charge in [0.05, 0.1) is 31.5 Å². The Morgan fingerprint density at radius 1 is 1.32 bits per heavy atom. The zero-order valence-electron chi connectivity index (χ0n) is 15.6. The van der Waals surface area contributed by atoms with E-state index in [2.05, 4.69) is 15.3 Å². The fourth-order valence-electron chi connectivity index (χ4n) is 3.08. The summed E-state index contributed by atoms with van der Waals surface area (Å²) in [6.45, 7) is 3.38. The maximum atomic E-state index is 13.8. The van der Waals surface area contributed by atoms with E-state index in [0.29, 0.717) is 17.3 Å². The summed E-state index contributed by atoms with van der Waals surface area (Å²) in [5, 5.41) is 3.34. The number of halogens is 2. The number of aromatic amines is 1. The first-order chi connectivity index (χ1) is 13.3. The summed E-state index contributed by atoms with van der Waals surface area (Å²) in [7, 11) is 1.55. The zero-order valence-corrected chi connectivity index (χ0v) is 15.6. The number of H-pyrrole nitrogens is 1. The predicted molar refractivity (Wildman–Crippen MR) is 100 cm³/mol. The van der Waals surface area contributed by atoms with Crippen LogP contribution in [0.2, 0.25) is 0 Å². The summed E-state index contributed by atoms with van der Waals surface area (Å²) < 4.78 is 32.1. The number of rotatable bonds is 5. The van der Waals surface area contributed by atoms with Gasteiger partial charge in [0.15, 0.2) is 0 Å². The third-order valence-electron chi connectivity index (χ3n) is 4.52. The summed E-state index contributed by atoms with van der Waals surface area (Å²) in [5.41, 5.74) is 1.28. The molecule has 0 aliphatic rings. The number of aromatic nitrogens is 2. The lowest BCUT2D eigenvalue weighted by atomic mass is 10.0. The number of ether oxygens (including phenoxy) is 1. The molecule has 1 aromatic carbocycles. The van der Waals surface area contributed by atoms with Crippen LogP contribution in [-0.4, -0.2) is 23.0 Å². The van der Waals surface area contributed by atoms with Crippen LogP contribution in [0.25, 0.3) is 10.9 Å². The molecule has 2 aromatic heterocycles. The van der Waals surface area contributed by atoms with E-state index in [4.69, 9.17) is 4.74 Å². The number of methoxy groups -OCH3 is 1. The average Bonchev–Trinajstić information content (AvgIpc) is 2.63. The predicted octanol–water partition coefficient (Wildman–Crippen LogP) is 2.94. The van der Waals surface area contributed by atoms with Crippen LogP contribution in [0.15, 0.2) is 35.3 Å². The smallest absolute Gasteiger partial charge is 0.252 e. The molecule has 146 valence electrons. The summed E-state index contributed by atoms with van der Waals surface area (Å²) >= 11 is 0. The van der Waals surface area contributed by atoms with Crippen molar-refractivity contribution in [2.75, 3.05) is 7.11 Å². The molecule has 28 heavy (non-hydrogen) atoms. The van der Waals surface area contributed by atoms with Gasteiger partial charge in [-0.25, -0.2) is 8.78 Å². The second-order valence-electron chi connectivity index (χ2n) is 6.46. The molecule has 2 N–H and O–H groups in total. The lowest BCUT2D eigenvalue weighted by molar-refractivity contribution is -0.121. The number of benzene rings is 1. The van der Waals surface area contributed by atoms with Gasteiger partial charge in [-0.3, -0.25) is 14.6 Å². The first kappa shape index (κ1) is 19.5. The molecule has 1 amide bonds. The average molecular weight is 387 g/mol. The van der Waals surface area contributed by atoms with Gasteiger partial charge in [0.25, 0.3) is 5.56 Å². The number of aryl methyl sites for hydroxylation is 1. The van der Waals surface area contributed by atoms with Gasteiger partial charge < -0.3 is 15.0 Å². The van der Waals surface area contributed by atoms with Crippen LogP contribution in [-0.2, 0) is 11.2 Å². The summed E-state index contributed by atoms with van der Waals surface area (Å²) in [5.74, 6) is -1.46. The van der Waals surface area contributed by atoms with E-state index in [0.717, 1.165) is 17.1 Å². The molecule has 6 nitrogen and oxygen atoms in total. The van der Waals surface area contributed by atoms with E-state index < -0.39 is 23.6 Å². The highest BCUT2D eigenvalue weighted by molar-refractivity contribution is 5.86. The minimum absolute atomic E-state index is 0.0808. The van der Waals surface area contributed by atoms with Crippen molar-refractivity contribution in [3.8, 4) is 5.75 Å². The monoisotopic (exact) mass is 387 g/mol. The van der Waals surface area contributed by atoms with Gasteiger partial charge in [-0.2, -0.15) is 0 Å². The second kappa shape index (κ2) is 7.75. The lowest BCUT2D eigenvalue weighted by Crippen LogP contribution is -2.31. The maximum Gasteiger partial charge on any atom is 0.252 e. The highest BCUT2D eigenvalue weighted by Crippen LogP contribution is 2.25. The van der Waals surface area contributed by atoms with Crippen molar-refractivity contribution < 1.29 is 18.3 Å². The Kier molecular flexibility index (Phi) is 5.39. The Hall–Kier alpha value is -3.29. The number of carbonyl (C=O) groups is 1. The van der Waals surface area contributed by atoms with Gasteiger partial charge in [0.1, 0.15) is 17.4 Å². The standard InChI is InChI=1S/C20H19F2N3O3/c1-10-14-6-12(20(27)25-16(14)4-5-17(10)28-3)7-18(26)24-11(2)19-15(22)8-13(21)9-23-19/h4-6,8-9,11H,7H2,1-3H3,(H,24,26)(H,25,27)/t11-/m0/s1. The van der Waals surface area contributed by atoms with Crippen LogP contribution < -0.4 is 15.6 Å². The molecule has 2 heterocycles. The highest BCUT2D eigenvalue weighted by atomic mass is 19.1. The summed E-state index contributed by atoms with van der Waals surface area (Å²) in [6.07, 6.45) is 0.681. The van der Waals surface area contributed by atoms with Gasteiger partial charge in [-0.1, -0.05) is 0 Å². The molecule has 8 heteroatoms. The minimum atomic E-state index is -0.848. The molecule has 0 spiro atoms. The molecule has 0 bridgehead atoms. The van der Waals surface area contributed by atoms with Crippen molar-refractivity contribution in [1.29, 1.82) is 0 Å². The van der Waals surface area contributed by atoms with Crippen molar-refractivity contribution in [2.24, 2.45) is 0 Å². The van der Waals surface area contributed by atoms with Gasteiger partial charge in [-0.05, 0) is 32.0 Å². The van der Waals surface area contributed by atoms with Gasteiger partial charge in [-0.15, -0.1) is 0 Å². The number of hydrogen-bond acceptors (Lipinski definition) is 4. The van der Waals surface area contributed by atoms with Crippen LogP contribution in [0.3, 0.4) is 0 Å². The fraction of sp³-hybridized carbons (Fsp3) is 0.250. The Balaban J connectivity index is 1.83. The molecule has 0 fully saturated rings. The Labute approximate surface area is 159 Å². The van der Waals surface area contributed by atoms with Crippen molar-refractivity contribution in [3.05, 3.63) is 69.3 Å². The van der Waals surface area contributed by atoms with E-state index in [1.807, 2.05) is 6.92 Å².